The third-order valence-electron chi connectivity index (χ3n) is 5.60. The van der Waals surface area contributed by atoms with Gasteiger partial charge in [0.1, 0.15) is 11.6 Å². The van der Waals surface area contributed by atoms with E-state index in [1.807, 2.05) is 35.4 Å². The highest BCUT2D eigenvalue weighted by Crippen LogP contribution is 2.25. The van der Waals surface area contributed by atoms with Gasteiger partial charge in [0.05, 0.1) is 29.0 Å². The van der Waals surface area contributed by atoms with Crippen LogP contribution in [0, 0.1) is 28.6 Å². The van der Waals surface area contributed by atoms with Gasteiger partial charge in [0.2, 0.25) is 5.96 Å². The van der Waals surface area contributed by atoms with Crippen molar-refractivity contribution in [3.63, 3.8) is 0 Å². The molecule has 1 aromatic heterocycles. The molecule has 7 nitrogen and oxygen atoms in total. The van der Waals surface area contributed by atoms with Gasteiger partial charge < -0.3 is 9.80 Å². The van der Waals surface area contributed by atoms with E-state index in [-0.39, 0.29) is 17.9 Å². The zero-order chi connectivity index (χ0) is 22.0. The molecule has 0 amide bonds. The van der Waals surface area contributed by atoms with Crippen LogP contribution in [0.2, 0.25) is 0 Å². The fraction of sp³-hybridized carbons (Fsp3) is 0.304. The van der Waals surface area contributed by atoms with Crippen LogP contribution >= 0.6 is 0 Å². The van der Waals surface area contributed by atoms with E-state index < -0.39 is 5.82 Å². The van der Waals surface area contributed by atoms with E-state index in [9.17, 15) is 9.65 Å². The third kappa shape index (κ3) is 4.12. The van der Waals surface area contributed by atoms with Gasteiger partial charge in [0, 0.05) is 19.6 Å². The van der Waals surface area contributed by atoms with Crippen LogP contribution in [0.5, 0.6) is 0 Å². The van der Waals surface area contributed by atoms with Gasteiger partial charge in [-0.1, -0.05) is 32.0 Å². The first-order valence-corrected chi connectivity index (χ1v) is 10.3. The van der Waals surface area contributed by atoms with Crippen LogP contribution < -0.4 is 9.80 Å². The Labute approximate surface area is 180 Å². The molecule has 31 heavy (non-hydrogen) atoms. The van der Waals surface area contributed by atoms with Gasteiger partial charge in [-0.05, 0) is 36.2 Å². The zero-order valence-electron chi connectivity index (χ0n) is 17.5. The summed E-state index contributed by atoms with van der Waals surface area (Å²) in [5, 5.41) is 18.4. The molecule has 1 saturated heterocycles. The van der Waals surface area contributed by atoms with Crippen molar-refractivity contribution in [1.29, 1.82) is 10.7 Å². The molecule has 2 heterocycles. The molecule has 1 aliphatic heterocycles. The lowest BCUT2D eigenvalue weighted by atomic mass is 9.99. The SMILES string of the molecule is CC(C)C1CN(c2cnc3ccccc3n2)CCN1C(=N)N(C#N)c1cccc(F)c1. The van der Waals surface area contributed by atoms with Crippen molar-refractivity contribution in [2.45, 2.75) is 19.9 Å². The smallest absolute Gasteiger partial charge is 0.212 e. The van der Waals surface area contributed by atoms with Gasteiger partial charge in [0.25, 0.3) is 0 Å². The summed E-state index contributed by atoms with van der Waals surface area (Å²) in [6.07, 6.45) is 3.82. The van der Waals surface area contributed by atoms with Gasteiger partial charge in [-0.25, -0.2) is 14.3 Å². The molecule has 1 atom stereocenters. The van der Waals surface area contributed by atoms with Crippen molar-refractivity contribution in [3.05, 3.63) is 60.5 Å². The molecule has 158 valence electrons. The fourth-order valence-electron chi connectivity index (χ4n) is 3.92. The van der Waals surface area contributed by atoms with Crippen LogP contribution in [0.3, 0.4) is 0 Å². The monoisotopic (exact) mass is 417 g/mol. The molecule has 0 aliphatic carbocycles. The van der Waals surface area contributed by atoms with Crippen LogP contribution in [0.1, 0.15) is 13.8 Å². The predicted molar refractivity (Wildman–Crippen MR) is 119 cm³/mol. The number of nitriles is 1. The second kappa shape index (κ2) is 8.56. The predicted octanol–water partition coefficient (Wildman–Crippen LogP) is 3.84. The Balaban J connectivity index is 1.57. The molecule has 1 N–H and O–H groups in total. The summed E-state index contributed by atoms with van der Waals surface area (Å²) in [7, 11) is 0. The van der Waals surface area contributed by atoms with Crippen molar-refractivity contribution >= 4 is 28.5 Å². The molecule has 0 radical (unpaired) electrons. The summed E-state index contributed by atoms with van der Waals surface area (Å²) in [6.45, 7) is 6.03. The maximum Gasteiger partial charge on any atom is 0.212 e. The van der Waals surface area contributed by atoms with Gasteiger partial charge in [0.15, 0.2) is 6.19 Å². The van der Waals surface area contributed by atoms with E-state index in [0.717, 1.165) is 16.9 Å². The number of nitrogens with zero attached hydrogens (tertiary/aromatic N) is 6. The quantitative estimate of drug-likeness (QED) is 0.302. The largest absolute Gasteiger partial charge is 0.351 e. The molecule has 0 bridgehead atoms. The van der Waals surface area contributed by atoms with E-state index in [2.05, 4.69) is 23.7 Å². The van der Waals surface area contributed by atoms with Crippen LogP contribution in [-0.4, -0.2) is 46.5 Å². The Morgan fingerprint density at radius 3 is 2.68 bits per heavy atom. The number of rotatable bonds is 3. The topological polar surface area (TPSA) is 83.1 Å². The lowest BCUT2D eigenvalue weighted by Gasteiger charge is -2.45. The van der Waals surface area contributed by atoms with E-state index in [0.29, 0.717) is 25.3 Å². The number of benzene rings is 2. The Bertz CT molecular complexity index is 1140. The van der Waals surface area contributed by atoms with Crippen molar-refractivity contribution in [1.82, 2.24) is 14.9 Å². The number of aromatic nitrogens is 2. The van der Waals surface area contributed by atoms with Crippen molar-refractivity contribution < 1.29 is 4.39 Å². The first-order chi connectivity index (χ1) is 15.0. The second-order valence-corrected chi connectivity index (χ2v) is 7.91. The van der Waals surface area contributed by atoms with Crippen molar-refractivity contribution in [2.75, 3.05) is 29.4 Å². The summed E-state index contributed by atoms with van der Waals surface area (Å²) in [6, 6.07) is 13.5. The van der Waals surface area contributed by atoms with Gasteiger partial charge in [-0.3, -0.25) is 10.4 Å². The van der Waals surface area contributed by atoms with Crippen LogP contribution in [0.15, 0.2) is 54.7 Å². The molecule has 0 spiro atoms. The molecular formula is C23H24FN7. The average molecular weight is 417 g/mol. The number of nitrogens with one attached hydrogen (secondary N) is 1. The highest BCUT2D eigenvalue weighted by atomic mass is 19.1. The molecule has 1 aliphatic rings. The number of hydrogen-bond acceptors (Lipinski definition) is 5. The molecule has 3 aromatic rings. The summed E-state index contributed by atoms with van der Waals surface area (Å²) in [5.41, 5.74) is 2.04. The number of piperazine rings is 1. The number of hydrogen-bond donors (Lipinski definition) is 1. The highest BCUT2D eigenvalue weighted by Gasteiger charge is 2.34. The first-order valence-electron chi connectivity index (χ1n) is 10.3. The Morgan fingerprint density at radius 1 is 1.19 bits per heavy atom. The molecule has 1 fully saturated rings. The van der Waals surface area contributed by atoms with E-state index in [1.165, 1.54) is 17.0 Å². The second-order valence-electron chi connectivity index (χ2n) is 7.91. The maximum absolute atomic E-state index is 13.7. The maximum atomic E-state index is 13.7. The molecule has 1 unspecified atom stereocenters. The van der Waals surface area contributed by atoms with E-state index in [1.54, 1.807) is 18.3 Å². The van der Waals surface area contributed by atoms with E-state index >= 15 is 0 Å². The summed E-state index contributed by atoms with van der Waals surface area (Å²) < 4.78 is 13.7. The normalized spacial score (nSPS) is 16.4. The third-order valence-corrected chi connectivity index (χ3v) is 5.60. The lowest BCUT2D eigenvalue weighted by Crippen LogP contribution is -2.60. The minimum Gasteiger partial charge on any atom is -0.351 e. The van der Waals surface area contributed by atoms with Crippen LogP contribution in [0.25, 0.3) is 11.0 Å². The number of anilines is 2. The Morgan fingerprint density at radius 2 is 1.97 bits per heavy atom. The fourth-order valence-corrected chi connectivity index (χ4v) is 3.92. The van der Waals surface area contributed by atoms with Gasteiger partial charge in [-0.2, -0.15) is 5.26 Å². The first kappa shape index (κ1) is 20.5. The average Bonchev–Trinajstić information content (AvgIpc) is 2.79. The van der Waals surface area contributed by atoms with Crippen LogP contribution in [-0.2, 0) is 0 Å². The molecule has 2 aromatic carbocycles. The van der Waals surface area contributed by atoms with Crippen molar-refractivity contribution in [2.24, 2.45) is 5.92 Å². The zero-order valence-corrected chi connectivity index (χ0v) is 17.5. The van der Waals surface area contributed by atoms with Gasteiger partial charge in [-0.15, -0.1) is 0 Å². The number of fused-ring (bicyclic) bond motifs is 1. The summed E-state index contributed by atoms with van der Waals surface area (Å²) >= 11 is 0. The minimum absolute atomic E-state index is 0.0149. The molecule has 4 rings (SSSR count). The van der Waals surface area contributed by atoms with Gasteiger partial charge >= 0.3 is 0 Å². The Hall–Kier alpha value is -3.73. The summed E-state index contributed by atoms with van der Waals surface area (Å²) in [4.78, 5) is 14.5. The molecule has 8 heteroatoms. The lowest BCUT2D eigenvalue weighted by molar-refractivity contribution is 0.221. The number of guanidine groups is 1. The van der Waals surface area contributed by atoms with E-state index in [4.69, 9.17) is 10.4 Å². The number of para-hydroxylation sites is 2. The Kier molecular flexibility index (Phi) is 5.67. The number of halogens is 1. The highest BCUT2D eigenvalue weighted by molar-refractivity contribution is 5.96. The standard InChI is InChI=1S/C23H24FN7/c1-16(2)21-14-29(22-13-27-19-8-3-4-9-20(19)28-22)10-11-30(21)23(26)31(15-25)18-7-5-6-17(24)12-18/h3-9,12-13,16,21,26H,10-11,14H2,1-2H3. The van der Waals surface area contributed by atoms with Crippen molar-refractivity contribution in [3.8, 4) is 6.19 Å². The minimum atomic E-state index is -0.439. The van der Waals surface area contributed by atoms with Crippen LogP contribution in [0.4, 0.5) is 15.9 Å². The molecular weight excluding hydrogens is 393 g/mol. The molecule has 0 saturated carbocycles. The summed E-state index contributed by atoms with van der Waals surface area (Å²) in [5.74, 6) is 0.643.